The van der Waals surface area contributed by atoms with E-state index in [4.69, 9.17) is 5.11 Å². The number of rotatable bonds is 4. The predicted molar refractivity (Wildman–Crippen MR) is 78.6 cm³/mol. The molecule has 1 amide bonds. The Morgan fingerprint density at radius 1 is 1.38 bits per heavy atom. The maximum absolute atomic E-state index is 13.4. The first-order valence-electron chi connectivity index (χ1n) is 6.85. The van der Waals surface area contributed by atoms with E-state index in [1.165, 1.54) is 19.1 Å². The Bertz CT molecular complexity index is 564. The summed E-state index contributed by atoms with van der Waals surface area (Å²) in [6.45, 7) is 3.11. The van der Waals surface area contributed by atoms with Gasteiger partial charge in [-0.15, -0.1) is 11.8 Å². The summed E-state index contributed by atoms with van der Waals surface area (Å²) in [5, 5.41) is 11.8. The van der Waals surface area contributed by atoms with Crippen LogP contribution in [0.4, 0.5) is 4.39 Å². The molecule has 1 heterocycles. The van der Waals surface area contributed by atoms with Crippen LogP contribution in [0, 0.1) is 17.7 Å². The van der Waals surface area contributed by atoms with Crippen molar-refractivity contribution in [3.8, 4) is 0 Å². The minimum absolute atomic E-state index is 0.257. The molecule has 0 radical (unpaired) electrons. The van der Waals surface area contributed by atoms with Crippen LogP contribution in [0.2, 0.25) is 0 Å². The number of thioether (sulfide) groups is 1. The van der Waals surface area contributed by atoms with Crippen molar-refractivity contribution >= 4 is 23.6 Å². The highest BCUT2D eigenvalue weighted by molar-refractivity contribution is 7.99. The number of halogens is 1. The summed E-state index contributed by atoms with van der Waals surface area (Å²) in [7, 11) is 0. The second kappa shape index (κ2) is 6.47. The largest absolute Gasteiger partial charge is 0.481 e. The SMILES string of the molecule is CC(C(=O)O)C(C)C(=O)NC1CCSc2ccc(F)cc21. The number of fused-ring (bicyclic) bond motifs is 1. The number of carbonyl (C=O) groups is 2. The number of carboxylic acids is 1. The standard InChI is InChI=1S/C15H18FNO3S/c1-8(9(2)15(19)20)14(18)17-12-5-6-21-13-4-3-10(16)7-11(12)13/h3-4,7-9,12H,5-6H2,1-2H3,(H,17,18)(H,19,20). The summed E-state index contributed by atoms with van der Waals surface area (Å²) in [6, 6.07) is 4.31. The van der Waals surface area contributed by atoms with Crippen molar-refractivity contribution in [2.24, 2.45) is 11.8 Å². The molecule has 0 aromatic heterocycles. The van der Waals surface area contributed by atoms with Crippen LogP contribution in [-0.2, 0) is 9.59 Å². The molecule has 0 aliphatic carbocycles. The van der Waals surface area contributed by atoms with E-state index >= 15 is 0 Å². The first-order valence-corrected chi connectivity index (χ1v) is 7.84. The van der Waals surface area contributed by atoms with Crippen LogP contribution in [0.25, 0.3) is 0 Å². The smallest absolute Gasteiger partial charge is 0.307 e. The van der Waals surface area contributed by atoms with Gasteiger partial charge in [-0.25, -0.2) is 4.39 Å². The Balaban J connectivity index is 2.13. The third kappa shape index (κ3) is 3.56. The second-order valence-electron chi connectivity index (χ2n) is 5.30. The van der Waals surface area contributed by atoms with E-state index < -0.39 is 17.8 Å². The van der Waals surface area contributed by atoms with Gasteiger partial charge in [-0.1, -0.05) is 13.8 Å². The zero-order valence-corrected chi connectivity index (χ0v) is 12.7. The first-order chi connectivity index (χ1) is 9.90. The average Bonchev–Trinajstić information content (AvgIpc) is 2.46. The van der Waals surface area contributed by atoms with Crippen LogP contribution in [0.15, 0.2) is 23.1 Å². The lowest BCUT2D eigenvalue weighted by molar-refractivity contribution is -0.146. The van der Waals surface area contributed by atoms with Gasteiger partial charge in [0.15, 0.2) is 0 Å². The van der Waals surface area contributed by atoms with E-state index in [2.05, 4.69) is 5.32 Å². The molecule has 0 bridgehead atoms. The Kier molecular flexibility index (Phi) is 4.88. The van der Waals surface area contributed by atoms with Gasteiger partial charge in [0.05, 0.1) is 12.0 Å². The van der Waals surface area contributed by atoms with E-state index in [1.54, 1.807) is 24.8 Å². The van der Waals surface area contributed by atoms with E-state index in [9.17, 15) is 14.0 Å². The molecule has 114 valence electrons. The summed E-state index contributed by atoms with van der Waals surface area (Å²) in [6.07, 6.45) is 0.709. The van der Waals surface area contributed by atoms with Gasteiger partial charge in [0.2, 0.25) is 5.91 Å². The van der Waals surface area contributed by atoms with Crippen molar-refractivity contribution in [1.29, 1.82) is 0 Å². The van der Waals surface area contributed by atoms with Crippen molar-refractivity contribution in [3.63, 3.8) is 0 Å². The third-order valence-electron chi connectivity index (χ3n) is 3.88. The molecule has 4 nitrogen and oxygen atoms in total. The monoisotopic (exact) mass is 311 g/mol. The van der Waals surface area contributed by atoms with E-state index in [0.717, 1.165) is 16.2 Å². The van der Waals surface area contributed by atoms with Gasteiger partial charge < -0.3 is 10.4 Å². The number of hydrogen-bond acceptors (Lipinski definition) is 3. The normalized spacial score (nSPS) is 20.2. The maximum atomic E-state index is 13.4. The lowest BCUT2D eigenvalue weighted by Gasteiger charge is -2.27. The molecule has 2 rings (SSSR count). The Hall–Kier alpha value is -1.56. The molecular formula is C15H18FNO3S. The van der Waals surface area contributed by atoms with Crippen LogP contribution >= 0.6 is 11.8 Å². The molecule has 3 unspecified atom stereocenters. The van der Waals surface area contributed by atoms with Crippen molar-refractivity contribution in [2.45, 2.75) is 31.2 Å². The molecule has 2 N–H and O–H groups in total. The number of nitrogens with one attached hydrogen (secondary N) is 1. The molecule has 21 heavy (non-hydrogen) atoms. The zero-order chi connectivity index (χ0) is 15.6. The number of amides is 1. The topological polar surface area (TPSA) is 66.4 Å². The minimum Gasteiger partial charge on any atom is -0.481 e. The van der Waals surface area contributed by atoms with Crippen molar-refractivity contribution in [3.05, 3.63) is 29.6 Å². The van der Waals surface area contributed by atoms with Crippen LogP contribution in [-0.4, -0.2) is 22.7 Å². The molecule has 0 saturated carbocycles. The number of carbonyl (C=O) groups excluding carboxylic acids is 1. The van der Waals surface area contributed by atoms with Gasteiger partial charge in [-0.3, -0.25) is 9.59 Å². The molecule has 1 aliphatic rings. The van der Waals surface area contributed by atoms with Crippen LogP contribution < -0.4 is 5.32 Å². The number of hydrogen-bond donors (Lipinski definition) is 2. The molecule has 1 aromatic rings. The van der Waals surface area contributed by atoms with Crippen LogP contribution in [0.3, 0.4) is 0 Å². The molecule has 1 aromatic carbocycles. The van der Waals surface area contributed by atoms with Gasteiger partial charge in [0.1, 0.15) is 5.82 Å². The first kappa shape index (κ1) is 15.8. The highest BCUT2D eigenvalue weighted by atomic mass is 32.2. The summed E-state index contributed by atoms with van der Waals surface area (Å²) in [5.41, 5.74) is 0.773. The van der Waals surface area contributed by atoms with Crippen molar-refractivity contribution < 1.29 is 19.1 Å². The Morgan fingerprint density at radius 2 is 2.10 bits per heavy atom. The number of aliphatic carboxylic acids is 1. The van der Waals surface area contributed by atoms with E-state index in [-0.39, 0.29) is 17.8 Å². The van der Waals surface area contributed by atoms with E-state index in [0.29, 0.717) is 6.42 Å². The van der Waals surface area contributed by atoms with Crippen LogP contribution in [0.5, 0.6) is 0 Å². The number of benzene rings is 1. The molecule has 0 saturated heterocycles. The molecule has 0 spiro atoms. The maximum Gasteiger partial charge on any atom is 0.307 e. The molecule has 1 aliphatic heterocycles. The van der Waals surface area contributed by atoms with Gasteiger partial charge in [-0.05, 0) is 30.2 Å². The summed E-state index contributed by atoms with van der Waals surface area (Å²) < 4.78 is 13.4. The minimum atomic E-state index is -0.997. The quantitative estimate of drug-likeness (QED) is 0.897. The molecule has 0 fully saturated rings. The summed E-state index contributed by atoms with van der Waals surface area (Å²) in [5.74, 6) is -2.18. The van der Waals surface area contributed by atoms with E-state index in [1.807, 2.05) is 0 Å². The van der Waals surface area contributed by atoms with Gasteiger partial charge >= 0.3 is 5.97 Å². The lowest BCUT2D eigenvalue weighted by Crippen LogP contribution is -2.38. The molecule has 6 heteroatoms. The fraction of sp³-hybridized carbons (Fsp3) is 0.467. The zero-order valence-electron chi connectivity index (χ0n) is 11.9. The fourth-order valence-electron chi connectivity index (χ4n) is 2.26. The second-order valence-corrected chi connectivity index (χ2v) is 6.43. The summed E-state index contributed by atoms with van der Waals surface area (Å²) >= 11 is 1.64. The Morgan fingerprint density at radius 3 is 2.76 bits per heavy atom. The summed E-state index contributed by atoms with van der Waals surface area (Å²) in [4.78, 5) is 24.1. The fourth-order valence-corrected chi connectivity index (χ4v) is 3.36. The van der Waals surface area contributed by atoms with Gasteiger partial charge in [0.25, 0.3) is 0 Å². The predicted octanol–water partition coefficient (Wildman–Crippen LogP) is 2.84. The van der Waals surface area contributed by atoms with Crippen molar-refractivity contribution in [1.82, 2.24) is 5.32 Å². The van der Waals surface area contributed by atoms with Gasteiger partial charge in [0, 0.05) is 16.6 Å². The highest BCUT2D eigenvalue weighted by Gasteiger charge is 2.29. The third-order valence-corrected chi connectivity index (χ3v) is 5.00. The molecule has 3 atom stereocenters. The lowest BCUT2D eigenvalue weighted by atomic mass is 9.94. The average molecular weight is 311 g/mol. The highest BCUT2D eigenvalue weighted by Crippen LogP contribution is 2.36. The molecular weight excluding hydrogens is 293 g/mol. The van der Waals surface area contributed by atoms with Crippen LogP contribution in [0.1, 0.15) is 31.9 Å². The Labute approximate surface area is 127 Å². The van der Waals surface area contributed by atoms with Crippen molar-refractivity contribution in [2.75, 3.05) is 5.75 Å². The number of carboxylic acid groups (broad SMARTS) is 1. The van der Waals surface area contributed by atoms with Gasteiger partial charge in [-0.2, -0.15) is 0 Å².